The summed E-state index contributed by atoms with van der Waals surface area (Å²) in [6.07, 6.45) is -6.75. The van der Waals surface area contributed by atoms with E-state index in [-0.39, 0.29) is 6.42 Å². The van der Waals surface area contributed by atoms with Crippen molar-refractivity contribution in [3.8, 4) is 0 Å². The number of ketones is 1. The molecule has 1 aliphatic rings. The van der Waals surface area contributed by atoms with E-state index in [2.05, 4.69) is 4.98 Å². The first-order valence-corrected chi connectivity index (χ1v) is 7.40. The Kier molecular flexibility index (Phi) is 4.22. The van der Waals surface area contributed by atoms with Gasteiger partial charge in [-0.3, -0.25) is 4.79 Å². The Morgan fingerprint density at radius 3 is 2.13 bits per heavy atom. The number of carbonyl (C=O) groups excluding carboxylic acids is 1. The third kappa shape index (κ3) is 2.66. The number of rotatable bonds is 3. The summed E-state index contributed by atoms with van der Waals surface area (Å²) in [5.41, 5.74) is 1.55. The molecule has 6 N–H and O–H groups in total. The molecule has 1 aromatic carbocycles. The van der Waals surface area contributed by atoms with Gasteiger partial charge in [-0.1, -0.05) is 18.2 Å². The van der Waals surface area contributed by atoms with Gasteiger partial charge in [0.2, 0.25) is 0 Å². The molecule has 124 valence electrons. The SMILES string of the molecule is O=C(Cc1c[nH]c2ccccc12)C1[C@@H](O)[C@@H](O)C(O)[C@H](O)[C@H]1O. The van der Waals surface area contributed by atoms with E-state index in [4.69, 9.17) is 0 Å². The molecule has 7 heteroatoms. The van der Waals surface area contributed by atoms with Crippen molar-refractivity contribution in [2.24, 2.45) is 5.92 Å². The normalized spacial score (nSPS) is 34.7. The van der Waals surface area contributed by atoms with Crippen molar-refractivity contribution in [3.05, 3.63) is 36.0 Å². The fourth-order valence-corrected chi connectivity index (χ4v) is 3.20. The van der Waals surface area contributed by atoms with Crippen LogP contribution in [0.25, 0.3) is 10.9 Å². The summed E-state index contributed by atoms with van der Waals surface area (Å²) in [4.78, 5) is 15.5. The van der Waals surface area contributed by atoms with Crippen LogP contribution in [0.3, 0.4) is 0 Å². The number of aromatic nitrogens is 1. The van der Waals surface area contributed by atoms with Crippen LogP contribution in [-0.2, 0) is 11.2 Å². The molecule has 0 amide bonds. The number of aliphatic hydroxyl groups is 5. The zero-order valence-corrected chi connectivity index (χ0v) is 12.2. The Morgan fingerprint density at radius 2 is 1.48 bits per heavy atom. The lowest BCUT2D eigenvalue weighted by Crippen LogP contribution is -2.63. The quantitative estimate of drug-likeness (QED) is 0.417. The molecule has 0 saturated heterocycles. The van der Waals surface area contributed by atoms with E-state index in [1.165, 1.54) is 0 Å². The van der Waals surface area contributed by atoms with Crippen LogP contribution in [0.2, 0.25) is 0 Å². The molecule has 0 radical (unpaired) electrons. The van der Waals surface area contributed by atoms with E-state index in [1.807, 2.05) is 24.3 Å². The van der Waals surface area contributed by atoms with Gasteiger partial charge in [-0.25, -0.2) is 0 Å². The second-order valence-electron chi connectivity index (χ2n) is 5.98. The molecule has 0 spiro atoms. The summed E-state index contributed by atoms with van der Waals surface area (Å²) in [6, 6.07) is 7.39. The highest BCUT2D eigenvalue weighted by atomic mass is 16.4. The van der Waals surface area contributed by atoms with Crippen LogP contribution in [0.15, 0.2) is 30.5 Å². The van der Waals surface area contributed by atoms with Crippen molar-refractivity contribution in [2.75, 3.05) is 0 Å². The van der Waals surface area contributed by atoms with Gasteiger partial charge in [0.25, 0.3) is 0 Å². The highest BCUT2D eigenvalue weighted by molar-refractivity contribution is 5.91. The number of nitrogens with one attached hydrogen (secondary N) is 1. The number of aliphatic hydroxyl groups excluding tert-OH is 5. The van der Waals surface area contributed by atoms with Crippen molar-refractivity contribution in [2.45, 2.75) is 36.9 Å². The predicted molar refractivity (Wildman–Crippen MR) is 80.5 cm³/mol. The standard InChI is InChI=1S/C16H19NO6/c18-10(5-7-6-17-9-4-2-1-3-8(7)9)11-12(19)14(21)16(23)15(22)13(11)20/h1-4,6,11-17,19-23H,5H2/t11?,12-,13+,14-,15-,16?/m1/s1. The van der Waals surface area contributed by atoms with Crippen LogP contribution in [0.1, 0.15) is 5.56 Å². The Labute approximate surface area is 131 Å². The number of hydrogen-bond acceptors (Lipinski definition) is 6. The lowest BCUT2D eigenvalue weighted by molar-refractivity contribution is -0.203. The molecule has 1 heterocycles. The molecule has 7 nitrogen and oxygen atoms in total. The van der Waals surface area contributed by atoms with Gasteiger partial charge in [0.05, 0.1) is 18.1 Å². The van der Waals surface area contributed by atoms with Crippen molar-refractivity contribution >= 4 is 16.7 Å². The summed E-state index contributed by atoms with van der Waals surface area (Å²) in [5.74, 6) is -1.88. The summed E-state index contributed by atoms with van der Waals surface area (Å²) in [6.45, 7) is 0. The lowest BCUT2D eigenvalue weighted by atomic mass is 9.75. The van der Waals surface area contributed by atoms with Crippen LogP contribution in [0, 0.1) is 5.92 Å². The van der Waals surface area contributed by atoms with Gasteiger partial charge in [0.15, 0.2) is 0 Å². The average molecular weight is 321 g/mol. The summed E-state index contributed by atoms with van der Waals surface area (Å²) in [5, 5.41) is 49.8. The van der Waals surface area contributed by atoms with E-state index in [1.54, 1.807) is 6.20 Å². The summed E-state index contributed by atoms with van der Waals surface area (Å²) < 4.78 is 0. The van der Waals surface area contributed by atoms with Gasteiger partial charge in [-0.15, -0.1) is 0 Å². The number of H-pyrrole nitrogens is 1. The maximum absolute atomic E-state index is 12.5. The van der Waals surface area contributed by atoms with Gasteiger partial charge in [-0.05, 0) is 11.6 Å². The average Bonchev–Trinajstić information content (AvgIpc) is 2.94. The van der Waals surface area contributed by atoms with Gasteiger partial charge >= 0.3 is 0 Å². The van der Waals surface area contributed by atoms with Gasteiger partial charge in [0.1, 0.15) is 24.1 Å². The van der Waals surface area contributed by atoms with Gasteiger partial charge < -0.3 is 30.5 Å². The molecule has 2 unspecified atom stereocenters. The van der Waals surface area contributed by atoms with Crippen LogP contribution in [0.5, 0.6) is 0 Å². The lowest BCUT2D eigenvalue weighted by Gasteiger charge is -2.41. The smallest absolute Gasteiger partial charge is 0.145 e. The number of aromatic amines is 1. The van der Waals surface area contributed by atoms with Crippen molar-refractivity contribution in [1.82, 2.24) is 4.98 Å². The summed E-state index contributed by atoms with van der Waals surface area (Å²) >= 11 is 0. The molecule has 1 aromatic heterocycles. The second kappa shape index (κ2) is 6.03. The van der Waals surface area contributed by atoms with Crippen molar-refractivity contribution in [3.63, 3.8) is 0 Å². The van der Waals surface area contributed by atoms with Crippen molar-refractivity contribution in [1.29, 1.82) is 0 Å². The third-order valence-electron chi connectivity index (χ3n) is 4.55. The maximum Gasteiger partial charge on any atom is 0.145 e. The fraction of sp³-hybridized carbons (Fsp3) is 0.438. The topological polar surface area (TPSA) is 134 Å². The minimum Gasteiger partial charge on any atom is -0.389 e. The zero-order valence-electron chi connectivity index (χ0n) is 12.2. The molecule has 3 rings (SSSR count). The first-order valence-electron chi connectivity index (χ1n) is 7.40. The molecule has 23 heavy (non-hydrogen) atoms. The minimum absolute atomic E-state index is 0.0711. The van der Waals surface area contributed by atoms with Crippen molar-refractivity contribution < 1.29 is 30.3 Å². The van der Waals surface area contributed by atoms with E-state index in [0.29, 0.717) is 5.56 Å². The third-order valence-corrected chi connectivity index (χ3v) is 4.55. The monoisotopic (exact) mass is 321 g/mol. The van der Waals surface area contributed by atoms with Gasteiger partial charge in [0, 0.05) is 23.5 Å². The first kappa shape index (κ1) is 16.1. The fourth-order valence-electron chi connectivity index (χ4n) is 3.20. The molecular weight excluding hydrogens is 302 g/mol. The molecule has 2 aromatic rings. The minimum atomic E-state index is -1.70. The largest absolute Gasteiger partial charge is 0.389 e. The van der Waals surface area contributed by atoms with Crippen LogP contribution >= 0.6 is 0 Å². The van der Waals surface area contributed by atoms with E-state index < -0.39 is 42.2 Å². The molecule has 1 saturated carbocycles. The molecular formula is C16H19NO6. The molecule has 0 aliphatic heterocycles. The maximum atomic E-state index is 12.5. The molecule has 1 aliphatic carbocycles. The molecule has 0 bridgehead atoms. The Bertz CT molecular complexity index is 697. The number of fused-ring (bicyclic) bond motifs is 1. The number of benzene rings is 1. The first-order chi connectivity index (χ1) is 10.9. The molecule has 1 fully saturated rings. The predicted octanol–water partition coefficient (Wildman–Crippen LogP) is -1.29. The van der Waals surface area contributed by atoms with E-state index >= 15 is 0 Å². The van der Waals surface area contributed by atoms with Crippen LogP contribution in [0.4, 0.5) is 0 Å². The highest BCUT2D eigenvalue weighted by Crippen LogP contribution is 2.29. The van der Waals surface area contributed by atoms with Crippen LogP contribution in [-0.4, -0.2) is 66.8 Å². The number of hydrogen-bond donors (Lipinski definition) is 6. The van der Waals surface area contributed by atoms with Crippen LogP contribution < -0.4 is 0 Å². The highest BCUT2D eigenvalue weighted by Gasteiger charge is 2.50. The zero-order chi connectivity index (χ0) is 16.7. The summed E-state index contributed by atoms with van der Waals surface area (Å²) in [7, 11) is 0. The van der Waals surface area contributed by atoms with E-state index in [0.717, 1.165) is 10.9 Å². The Morgan fingerprint density at radius 1 is 0.913 bits per heavy atom. The molecule has 6 atom stereocenters. The van der Waals surface area contributed by atoms with E-state index in [9.17, 15) is 30.3 Å². The Hall–Kier alpha value is -1.77. The number of para-hydroxylation sites is 1. The number of carbonyl (C=O) groups is 1. The second-order valence-corrected chi connectivity index (χ2v) is 5.98. The number of Topliss-reactive ketones (excluding diaryl/α,β-unsaturated/α-hetero) is 1. The van der Waals surface area contributed by atoms with Gasteiger partial charge in [-0.2, -0.15) is 0 Å². The Balaban J connectivity index is 1.84.